The molecule has 3 rings (SSSR count). The van der Waals surface area contributed by atoms with Crippen LogP contribution >= 0.6 is 35.6 Å². The number of hydrogen-bond donors (Lipinski definition) is 0. The summed E-state index contributed by atoms with van der Waals surface area (Å²) in [5.41, 5.74) is 0.787. The molecule has 1 aromatic carbocycles. The fourth-order valence-corrected chi connectivity index (χ4v) is 4.24. The summed E-state index contributed by atoms with van der Waals surface area (Å²) in [6.45, 7) is 4.18. The molecule has 0 spiro atoms. The normalized spacial score (nSPS) is 25.1. The van der Waals surface area contributed by atoms with Crippen LogP contribution in [0.25, 0.3) is 0 Å². The van der Waals surface area contributed by atoms with Crippen LogP contribution < -0.4 is 4.90 Å². The highest BCUT2D eigenvalue weighted by molar-refractivity contribution is 8.01. The molecule has 1 atom stereocenters. The Morgan fingerprint density at radius 3 is 2.58 bits per heavy atom. The second-order valence-electron chi connectivity index (χ2n) is 5.18. The maximum absolute atomic E-state index is 12.6. The number of hydrogen-bond acceptors (Lipinski definition) is 3. The molecule has 3 nitrogen and oxygen atoms in total. The zero-order chi connectivity index (χ0) is 13.8. The highest BCUT2D eigenvalue weighted by atomic mass is 35.5. The van der Waals surface area contributed by atoms with Crippen molar-refractivity contribution in [2.45, 2.75) is 24.6 Å². The van der Waals surface area contributed by atoms with Gasteiger partial charge in [0.15, 0.2) is 5.11 Å². The Bertz CT molecular complexity index is 558. The van der Waals surface area contributed by atoms with Crippen molar-refractivity contribution < 1.29 is 4.79 Å². The van der Waals surface area contributed by atoms with Gasteiger partial charge in [0.25, 0.3) is 5.91 Å². The minimum absolute atomic E-state index is 0.0577. The molecule has 0 saturated carbocycles. The zero-order valence-corrected chi connectivity index (χ0v) is 13.0. The predicted octanol–water partition coefficient (Wildman–Crippen LogP) is 3.13. The lowest BCUT2D eigenvalue weighted by Crippen LogP contribution is -2.41. The molecule has 2 aliphatic rings. The Morgan fingerprint density at radius 2 is 2.00 bits per heavy atom. The van der Waals surface area contributed by atoms with Crippen molar-refractivity contribution in [3.8, 4) is 0 Å². The van der Waals surface area contributed by atoms with Crippen LogP contribution in [0.2, 0.25) is 5.02 Å². The third-order valence-electron chi connectivity index (χ3n) is 3.52. The molecule has 1 aromatic rings. The first-order chi connectivity index (χ1) is 8.92. The van der Waals surface area contributed by atoms with Gasteiger partial charge in [-0.1, -0.05) is 11.6 Å². The van der Waals surface area contributed by atoms with Crippen LogP contribution in [0.15, 0.2) is 24.3 Å². The first-order valence-electron chi connectivity index (χ1n) is 5.96. The van der Waals surface area contributed by atoms with Crippen LogP contribution in [0, 0.1) is 0 Å². The van der Waals surface area contributed by atoms with Gasteiger partial charge in [-0.15, -0.1) is 11.8 Å². The SMILES string of the molecule is CC1(C)SCN2C(=S)N(c3ccc(Cl)cc3)C(=O)[C@H]21. The average Bonchev–Trinajstić information content (AvgIpc) is 2.79. The van der Waals surface area contributed by atoms with Gasteiger partial charge in [0.1, 0.15) is 6.04 Å². The van der Waals surface area contributed by atoms with Crippen LogP contribution in [-0.4, -0.2) is 32.6 Å². The van der Waals surface area contributed by atoms with Gasteiger partial charge < -0.3 is 4.90 Å². The summed E-state index contributed by atoms with van der Waals surface area (Å²) in [6, 6.07) is 7.04. The smallest absolute Gasteiger partial charge is 0.257 e. The highest BCUT2D eigenvalue weighted by Crippen LogP contribution is 2.44. The molecule has 100 valence electrons. The second-order valence-corrected chi connectivity index (χ2v) is 7.58. The molecule has 1 amide bonds. The van der Waals surface area contributed by atoms with Crippen molar-refractivity contribution in [1.82, 2.24) is 4.90 Å². The molecule has 0 radical (unpaired) electrons. The van der Waals surface area contributed by atoms with Crippen molar-refractivity contribution in [2.24, 2.45) is 0 Å². The Hall–Kier alpha value is -0.780. The topological polar surface area (TPSA) is 23.6 Å². The Labute approximate surface area is 126 Å². The van der Waals surface area contributed by atoms with E-state index in [0.29, 0.717) is 10.1 Å². The summed E-state index contributed by atoms with van der Waals surface area (Å²) >= 11 is 13.1. The van der Waals surface area contributed by atoms with E-state index in [9.17, 15) is 4.79 Å². The molecule has 2 saturated heterocycles. The summed E-state index contributed by atoms with van der Waals surface area (Å²) < 4.78 is -0.109. The predicted molar refractivity (Wildman–Crippen MR) is 83.7 cm³/mol. The standard InChI is InChI=1S/C13H13ClN2OS2/c1-13(2)10-11(17)16(12(18)15(10)7-19-13)9-5-3-8(14)4-6-9/h3-6,10H,7H2,1-2H3/t10-/m0/s1. The summed E-state index contributed by atoms with van der Waals surface area (Å²) in [5.74, 6) is 0.828. The molecular weight excluding hydrogens is 300 g/mol. The lowest BCUT2D eigenvalue weighted by Gasteiger charge is -2.23. The van der Waals surface area contributed by atoms with Crippen LogP contribution in [0.3, 0.4) is 0 Å². The maximum Gasteiger partial charge on any atom is 0.257 e. The summed E-state index contributed by atoms with van der Waals surface area (Å²) in [6.07, 6.45) is 0. The molecule has 6 heteroatoms. The minimum Gasteiger partial charge on any atom is -0.326 e. The van der Waals surface area contributed by atoms with Gasteiger partial charge in [-0.2, -0.15) is 0 Å². The summed E-state index contributed by atoms with van der Waals surface area (Å²) in [5, 5.41) is 1.24. The van der Waals surface area contributed by atoms with E-state index in [4.69, 9.17) is 23.8 Å². The van der Waals surface area contributed by atoms with E-state index in [0.717, 1.165) is 11.6 Å². The van der Waals surface area contributed by atoms with Gasteiger partial charge in [-0.25, -0.2) is 0 Å². The largest absolute Gasteiger partial charge is 0.326 e. The number of carbonyl (C=O) groups excluding carboxylic acids is 1. The minimum atomic E-state index is -0.166. The van der Waals surface area contributed by atoms with Crippen LogP contribution in [0.5, 0.6) is 0 Å². The van der Waals surface area contributed by atoms with Gasteiger partial charge >= 0.3 is 0 Å². The summed E-state index contributed by atoms with van der Waals surface area (Å²) in [7, 11) is 0. The van der Waals surface area contributed by atoms with Gasteiger partial charge in [0.05, 0.1) is 11.6 Å². The fourth-order valence-electron chi connectivity index (χ4n) is 2.53. The first-order valence-corrected chi connectivity index (χ1v) is 7.73. The van der Waals surface area contributed by atoms with E-state index >= 15 is 0 Å². The Morgan fingerprint density at radius 1 is 1.37 bits per heavy atom. The van der Waals surface area contributed by atoms with Gasteiger partial charge in [-0.05, 0) is 50.3 Å². The monoisotopic (exact) mass is 312 g/mol. The van der Waals surface area contributed by atoms with Crippen molar-refractivity contribution in [1.29, 1.82) is 0 Å². The van der Waals surface area contributed by atoms with Gasteiger partial charge in [0, 0.05) is 9.77 Å². The molecule has 2 aliphatic heterocycles. The van der Waals surface area contributed by atoms with E-state index in [1.165, 1.54) is 0 Å². The van der Waals surface area contributed by atoms with Gasteiger partial charge in [-0.3, -0.25) is 9.69 Å². The third-order valence-corrected chi connectivity index (χ3v) is 5.57. The molecule has 0 bridgehead atoms. The Kier molecular flexibility index (Phi) is 3.04. The van der Waals surface area contributed by atoms with Crippen molar-refractivity contribution in [3.05, 3.63) is 29.3 Å². The average molecular weight is 313 g/mol. The number of thioether (sulfide) groups is 1. The first kappa shape index (κ1) is 13.2. The van der Waals surface area contributed by atoms with Crippen LogP contribution in [0.1, 0.15) is 13.8 Å². The number of nitrogens with zero attached hydrogens (tertiary/aromatic N) is 2. The van der Waals surface area contributed by atoms with Gasteiger partial charge in [0.2, 0.25) is 0 Å². The lowest BCUT2D eigenvalue weighted by atomic mass is 10.0. The van der Waals surface area contributed by atoms with E-state index in [1.807, 2.05) is 17.0 Å². The van der Waals surface area contributed by atoms with E-state index in [2.05, 4.69) is 13.8 Å². The van der Waals surface area contributed by atoms with Crippen molar-refractivity contribution >= 4 is 52.3 Å². The number of halogens is 1. The fraction of sp³-hybridized carbons (Fsp3) is 0.385. The van der Waals surface area contributed by atoms with Crippen LogP contribution in [0.4, 0.5) is 5.69 Å². The quantitative estimate of drug-likeness (QED) is 0.743. The van der Waals surface area contributed by atoms with Crippen molar-refractivity contribution in [2.75, 3.05) is 10.8 Å². The Balaban J connectivity index is 1.99. The molecule has 2 heterocycles. The molecule has 0 aliphatic carbocycles. The second kappa shape index (κ2) is 4.36. The zero-order valence-electron chi connectivity index (χ0n) is 10.6. The molecule has 2 fully saturated rings. The molecular formula is C13H13ClN2OS2. The van der Waals surface area contributed by atoms with E-state index in [-0.39, 0.29) is 16.7 Å². The summed E-state index contributed by atoms with van der Waals surface area (Å²) in [4.78, 5) is 16.3. The lowest BCUT2D eigenvalue weighted by molar-refractivity contribution is -0.119. The van der Waals surface area contributed by atoms with E-state index in [1.54, 1.807) is 28.8 Å². The third kappa shape index (κ3) is 1.95. The number of amides is 1. The number of benzene rings is 1. The number of rotatable bonds is 1. The van der Waals surface area contributed by atoms with Crippen molar-refractivity contribution in [3.63, 3.8) is 0 Å². The molecule has 0 aromatic heterocycles. The number of carbonyl (C=O) groups is 1. The number of fused-ring (bicyclic) bond motifs is 1. The highest BCUT2D eigenvalue weighted by Gasteiger charge is 2.55. The molecule has 19 heavy (non-hydrogen) atoms. The molecule has 0 unspecified atom stereocenters. The maximum atomic E-state index is 12.6. The van der Waals surface area contributed by atoms with E-state index < -0.39 is 0 Å². The number of anilines is 1. The van der Waals surface area contributed by atoms with Crippen LogP contribution in [-0.2, 0) is 4.79 Å². The molecule has 0 N–H and O–H groups in total. The number of thiocarbonyl (C=S) groups is 1.